The summed E-state index contributed by atoms with van der Waals surface area (Å²) in [5.41, 5.74) is 0. The molecule has 1 heteroatoms. The summed E-state index contributed by atoms with van der Waals surface area (Å²) < 4.78 is 0. The lowest BCUT2D eigenvalue weighted by Gasteiger charge is -1.95. The lowest BCUT2D eigenvalue weighted by molar-refractivity contribution is 0.525. The highest BCUT2D eigenvalue weighted by atomic mass is 15.1. The molecule has 1 radical (unpaired) electrons. The van der Waals surface area contributed by atoms with Gasteiger partial charge in [-0.05, 0) is 13.8 Å². The van der Waals surface area contributed by atoms with E-state index in [4.69, 9.17) is 0 Å². The Kier molecular flexibility index (Phi) is 3.14. The van der Waals surface area contributed by atoms with E-state index in [0.717, 1.165) is 13.1 Å². The summed E-state index contributed by atoms with van der Waals surface area (Å²) in [6.45, 7) is 6.64. The van der Waals surface area contributed by atoms with Crippen molar-refractivity contribution in [3.8, 4) is 0 Å². The summed E-state index contributed by atoms with van der Waals surface area (Å²) in [5, 5.41) is 0. The van der Waals surface area contributed by atoms with Crippen LogP contribution in [0.15, 0.2) is 0 Å². The zero-order chi connectivity index (χ0) is 4.99. The van der Waals surface area contributed by atoms with Crippen molar-refractivity contribution in [2.45, 2.75) is 13.8 Å². The summed E-state index contributed by atoms with van der Waals surface area (Å²) in [7, 11) is 2.11. The smallest absolute Gasteiger partial charge is 0.119 e. The zero-order valence-electron chi connectivity index (χ0n) is 4.86. The first-order valence-corrected chi connectivity index (χ1v) is 2.49. The Balaban J connectivity index is 2.75. The molecule has 0 rings (SSSR count). The van der Waals surface area contributed by atoms with Gasteiger partial charge >= 0.3 is 0 Å². The van der Waals surface area contributed by atoms with Crippen LogP contribution in [0.5, 0.6) is 0 Å². The van der Waals surface area contributed by atoms with Gasteiger partial charge in [-0.3, -0.25) is 0 Å². The number of rotatable bonds is 2. The quantitative estimate of drug-likeness (QED) is 0.439. The van der Waals surface area contributed by atoms with Crippen molar-refractivity contribution in [3.05, 3.63) is 0 Å². The summed E-state index contributed by atoms with van der Waals surface area (Å²) in [4.78, 5) is 2.25. The molecular weight excluding hydrogens is 74.1 g/mol. The Morgan fingerprint density at radius 3 is 1.50 bits per heavy atom. The Morgan fingerprint density at radius 2 is 1.50 bits per heavy atom. The Labute approximate surface area is 40.0 Å². The van der Waals surface area contributed by atoms with Gasteiger partial charge in [0.25, 0.3) is 0 Å². The third-order valence-electron chi connectivity index (χ3n) is 1.08. The third kappa shape index (κ3) is 2.21. The van der Waals surface area contributed by atoms with Crippen LogP contribution in [0.1, 0.15) is 13.8 Å². The predicted molar refractivity (Wildman–Crippen MR) is 29.1 cm³/mol. The summed E-state index contributed by atoms with van der Waals surface area (Å²) in [6, 6.07) is 0. The van der Waals surface area contributed by atoms with Crippen molar-refractivity contribution in [1.82, 2.24) is 4.90 Å². The minimum absolute atomic E-state index is 1.16. The van der Waals surface area contributed by atoms with Crippen LogP contribution in [0.4, 0.5) is 0 Å². The molecule has 0 aromatic carbocycles. The molecule has 0 aliphatic carbocycles. The normalized spacial score (nSPS) is 10.0. The van der Waals surface area contributed by atoms with Crippen LogP contribution >= 0.6 is 0 Å². The number of hydrogen-bond acceptors (Lipinski definition) is 1. The standard InChI is InChI=1S/C5H13N/c1-4-6(3)5-2/h4-5H2,1-3H3/q+1. The largest absolute Gasteiger partial charge is 0.173 e. The maximum absolute atomic E-state index is 2.25. The molecule has 0 bridgehead atoms. The van der Waals surface area contributed by atoms with Crippen molar-refractivity contribution in [3.63, 3.8) is 0 Å². The Hall–Kier alpha value is -0.0400. The van der Waals surface area contributed by atoms with Crippen molar-refractivity contribution in [2.24, 2.45) is 0 Å². The first kappa shape index (κ1) is 5.96. The number of nitrogens with zero attached hydrogens (tertiary/aromatic N) is 1. The molecule has 0 aliphatic rings. The zero-order valence-corrected chi connectivity index (χ0v) is 4.86. The summed E-state index contributed by atoms with van der Waals surface area (Å²) in [5.74, 6) is 0. The predicted octanol–water partition coefficient (Wildman–Crippen LogP) is 0.796. The highest BCUT2D eigenvalue weighted by molar-refractivity contribution is 4.44. The second kappa shape index (κ2) is 3.16. The molecule has 0 heterocycles. The average Bonchev–Trinajstić information content (AvgIpc) is 1.65. The molecule has 0 aliphatic heterocycles. The van der Waals surface area contributed by atoms with E-state index in [2.05, 4.69) is 25.8 Å². The fourth-order valence-corrected chi connectivity index (χ4v) is 0.224. The minimum atomic E-state index is 1.16. The maximum atomic E-state index is 2.25. The molecule has 0 aromatic heterocycles. The van der Waals surface area contributed by atoms with Gasteiger partial charge in [0, 0.05) is 0 Å². The van der Waals surface area contributed by atoms with Crippen molar-refractivity contribution in [2.75, 3.05) is 20.1 Å². The SMILES string of the molecule is CC[N+](C)CC. The molecule has 6 heavy (non-hydrogen) atoms. The van der Waals surface area contributed by atoms with E-state index in [1.807, 2.05) is 0 Å². The van der Waals surface area contributed by atoms with E-state index in [9.17, 15) is 0 Å². The molecule has 0 saturated carbocycles. The molecule has 0 spiro atoms. The van der Waals surface area contributed by atoms with Crippen LogP contribution < -0.4 is 4.90 Å². The first-order chi connectivity index (χ1) is 2.81. The monoisotopic (exact) mass is 87.1 g/mol. The fraction of sp³-hybridized carbons (Fsp3) is 1.00. The molecule has 0 atom stereocenters. The van der Waals surface area contributed by atoms with Gasteiger partial charge < -0.3 is 0 Å². The van der Waals surface area contributed by atoms with E-state index >= 15 is 0 Å². The molecule has 0 unspecified atom stereocenters. The molecule has 0 aromatic rings. The van der Waals surface area contributed by atoms with Crippen LogP contribution in [-0.2, 0) is 0 Å². The van der Waals surface area contributed by atoms with Gasteiger partial charge in [0.05, 0.1) is 0 Å². The van der Waals surface area contributed by atoms with Crippen LogP contribution in [0.2, 0.25) is 0 Å². The molecule has 0 N–H and O–H groups in total. The number of hydrogen-bond donors (Lipinski definition) is 0. The maximum Gasteiger partial charge on any atom is 0.119 e. The average molecular weight is 87.2 g/mol. The highest BCUT2D eigenvalue weighted by Gasteiger charge is 1.93. The van der Waals surface area contributed by atoms with Crippen LogP contribution in [0.3, 0.4) is 0 Å². The molecular formula is C5H13N+. The second-order valence-corrected chi connectivity index (χ2v) is 1.49. The Bertz CT molecular complexity index is 23.1. The van der Waals surface area contributed by atoms with Gasteiger partial charge in [-0.15, -0.1) is 0 Å². The van der Waals surface area contributed by atoms with Crippen LogP contribution in [-0.4, -0.2) is 20.1 Å². The highest BCUT2D eigenvalue weighted by Crippen LogP contribution is 1.68. The van der Waals surface area contributed by atoms with E-state index in [1.165, 1.54) is 0 Å². The molecule has 1 nitrogen and oxygen atoms in total. The van der Waals surface area contributed by atoms with E-state index in [0.29, 0.717) is 0 Å². The van der Waals surface area contributed by atoms with Gasteiger partial charge in [-0.1, -0.05) is 0 Å². The lowest BCUT2D eigenvalue weighted by atomic mass is 10.6. The lowest BCUT2D eigenvalue weighted by Crippen LogP contribution is -2.22. The van der Waals surface area contributed by atoms with Gasteiger partial charge in [-0.2, -0.15) is 4.90 Å². The van der Waals surface area contributed by atoms with Crippen molar-refractivity contribution >= 4 is 0 Å². The van der Waals surface area contributed by atoms with Gasteiger partial charge in [-0.25, -0.2) is 0 Å². The van der Waals surface area contributed by atoms with Crippen LogP contribution in [0, 0.1) is 0 Å². The molecule has 37 valence electrons. The molecule has 0 amide bonds. The van der Waals surface area contributed by atoms with E-state index in [-0.39, 0.29) is 0 Å². The van der Waals surface area contributed by atoms with E-state index in [1.54, 1.807) is 0 Å². The summed E-state index contributed by atoms with van der Waals surface area (Å²) in [6.07, 6.45) is 0. The molecule has 0 fully saturated rings. The molecule has 0 saturated heterocycles. The topological polar surface area (TPSA) is 5.90 Å². The van der Waals surface area contributed by atoms with Crippen molar-refractivity contribution < 1.29 is 0 Å². The van der Waals surface area contributed by atoms with Gasteiger partial charge in [0.1, 0.15) is 20.1 Å². The van der Waals surface area contributed by atoms with Crippen LogP contribution in [0.25, 0.3) is 0 Å². The van der Waals surface area contributed by atoms with Gasteiger partial charge in [0.2, 0.25) is 0 Å². The Morgan fingerprint density at radius 1 is 1.17 bits per heavy atom. The fourth-order valence-electron chi connectivity index (χ4n) is 0.224. The summed E-state index contributed by atoms with van der Waals surface area (Å²) >= 11 is 0. The first-order valence-electron chi connectivity index (χ1n) is 2.49. The third-order valence-corrected chi connectivity index (χ3v) is 1.08. The van der Waals surface area contributed by atoms with Gasteiger partial charge in [0.15, 0.2) is 0 Å². The van der Waals surface area contributed by atoms with Crippen molar-refractivity contribution in [1.29, 1.82) is 0 Å². The second-order valence-electron chi connectivity index (χ2n) is 1.49. The van der Waals surface area contributed by atoms with E-state index < -0.39 is 0 Å². The minimum Gasteiger partial charge on any atom is -0.173 e.